The highest BCUT2D eigenvalue weighted by molar-refractivity contribution is 9.10. The molecule has 10 nitrogen and oxygen atoms in total. The molecular weight excluding hydrogens is 672 g/mol. The van der Waals surface area contributed by atoms with Gasteiger partial charge in [0.25, 0.3) is 5.91 Å². The van der Waals surface area contributed by atoms with Crippen molar-refractivity contribution in [3.63, 3.8) is 0 Å². The summed E-state index contributed by atoms with van der Waals surface area (Å²) >= 11 is 3.47. The highest BCUT2D eigenvalue weighted by atomic mass is 79.9. The Balaban J connectivity index is 1.23. The number of imide groups is 1. The van der Waals surface area contributed by atoms with Crippen molar-refractivity contribution in [2.24, 2.45) is 0 Å². The van der Waals surface area contributed by atoms with Gasteiger partial charge in [-0.3, -0.25) is 19.6 Å². The van der Waals surface area contributed by atoms with Crippen LogP contribution in [0.5, 0.6) is 0 Å². The molecule has 1 N–H and O–H groups in total. The molecule has 11 heteroatoms. The number of likely N-dealkylation sites (tertiary alicyclic amines) is 1. The molecule has 2 aliphatic rings. The van der Waals surface area contributed by atoms with Crippen molar-refractivity contribution in [3.05, 3.63) is 125 Å². The van der Waals surface area contributed by atoms with Gasteiger partial charge in [-0.25, -0.2) is 24.5 Å². The number of carbonyl (C=O) groups excluding carboxylic acids is 2. The number of benzene rings is 3. The van der Waals surface area contributed by atoms with Crippen molar-refractivity contribution in [2.75, 3.05) is 22.9 Å². The van der Waals surface area contributed by atoms with Crippen LogP contribution in [0.3, 0.4) is 0 Å². The first kappa shape index (κ1) is 31.3. The number of hydrogen-bond donors (Lipinski definition) is 1. The number of carboxylic acids is 1. The zero-order valence-electron chi connectivity index (χ0n) is 26.1. The monoisotopic (exact) mass is 702 g/mol. The molecule has 2 aliphatic heterocycles. The van der Waals surface area contributed by atoms with E-state index < -0.39 is 17.5 Å². The van der Waals surface area contributed by atoms with E-state index in [1.54, 1.807) is 36.5 Å². The summed E-state index contributed by atoms with van der Waals surface area (Å²) in [4.78, 5) is 59.0. The number of pyridine rings is 1. The number of halogens is 1. The molecule has 7 rings (SSSR count). The lowest BCUT2D eigenvalue weighted by Gasteiger charge is -2.41. The van der Waals surface area contributed by atoms with Gasteiger partial charge in [-0.05, 0) is 78.9 Å². The third-order valence-electron chi connectivity index (χ3n) is 9.20. The molecular formula is C37H31BrN6O4. The molecule has 0 aliphatic carbocycles. The summed E-state index contributed by atoms with van der Waals surface area (Å²) < 4.78 is 0.980. The molecule has 5 aromatic rings. The normalized spacial score (nSPS) is 16.1. The summed E-state index contributed by atoms with van der Waals surface area (Å²) in [5.41, 5.74) is 4.72. The van der Waals surface area contributed by atoms with Gasteiger partial charge in [-0.2, -0.15) is 0 Å². The van der Waals surface area contributed by atoms with E-state index in [0.29, 0.717) is 55.2 Å². The predicted octanol–water partition coefficient (Wildman–Crippen LogP) is 6.98. The van der Waals surface area contributed by atoms with E-state index >= 15 is 0 Å². The van der Waals surface area contributed by atoms with Crippen molar-refractivity contribution in [1.82, 2.24) is 19.9 Å². The molecule has 1 spiro atoms. The van der Waals surface area contributed by atoms with Gasteiger partial charge in [0.1, 0.15) is 17.7 Å². The van der Waals surface area contributed by atoms with Crippen LogP contribution in [-0.4, -0.2) is 61.5 Å². The number of anilines is 2. The quantitative estimate of drug-likeness (QED) is 0.180. The number of carbonyl (C=O) groups is 3. The Kier molecular flexibility index (Phi) is 8.32. The third kappa shape index (κ3) is 5.75. The summed E-state index contributed by atoms with van der Waals surface area (Å²) in [5, 5.41) is 9.33. The van der Waals surface area contributed by atoms with E-state index in [2.05, 4.69) is 35.8 Å². The molecule has 0 atom stereocenters. The fourth-order valence-electron chi connectivity index (χ4n) is 6.49. The molecule has 240 valence electrons. The number of hydrogen-bond acceptors (Lipinski definition) is 7. The van der Waals surface area contributed by atoms with E-state index in [0.717, 1.165) is 26.9 Å². The molecule has 0 saturated carbocycles. The van der Waals surface area contributed by atoms with Crippen molar-refractivity contribution in [3.8, 4) is 22.4 Å². The van der Waals surface area contributed by atoms with Crippen LogP contribution < -0.4 is 9.80 Å². The van der Waals surface area contributed by atoms with E-state index in [1.165, 1.54) is 28.3 Å². The molecule has 0 unspecified atom stereocenters. The topological polar surface area (TPSA) is 120 Å². The highest BCUT2D eigenvalue weighted by Gasteiger charge is 2.59. The standard InChI is InChI=1S/C37H31BrN6O4/c1-24-3-2-18-39-32(24)22-42-19-16-37(17-20-42)35(47)43(30-14-10-26(11-15-30)25-8-12-29(38)13-9-25)36(48)44(37)33-21-31(40-23-41-33)27-4-6-28(7-5-27)34(45)46/h2-15,18,21,23H,16-17,19-20,22H2,1H3,(H,45,46). The zero-order valence-corrected chi connectivity index (χ0v) is 27.7. The van der Waals surface area contributed by atoms with Crippen LogP contribution >= 0.6 is 15.9 Å². The molecule has 2 fully saturated rings. The van der Waals surface area contributed by atoms with Gasteiger partial charge in [0.2, 0.25) is 0 Å². The number of aromatic nitrogens is 3. The van der Waals surface area contributed by atoms with Crippen molar-refractivity contribution < 1.29 is 19.5 Å². The first-order valence-corrected chi connectivity index (χ1v) is 16.4. The van der Waals surface area contributed by atoms with Crippen LogP contribution in [0.25, 0.3) is 22.4 Å². The van der Waals surface area contributed by atoms with Gasteiger partial charge in [0, 0.05) is 41.9 Å². The maximum atomic E-state index is 14.6. The molecule has 3 aromatic carbocycles. The lowest BCUT2D eigenvalue weighted by Crippen LogP contribution is -2.57. The van der Waals surface area contributed by atoms with Crippen LogP contribution in [0.15, 0.2) is 108 Å². The van der Waals surface area contributed by atoms with E-state index in [9.17, 15) is 19.5 Å². The smallest absolute Gasteiger partial charge is 0.338 e. The van der Waals surface area contributed by atoms with Gasteiger partial charge < -0.3 is 5.11 Å². The molecule has 0 bridgehead atoms. The fraction of sp³-hybridized carbons (Fsp3) is 0.189. The number of aromatic carboxylic acids is 1. The van der Waals surface area contributed by atoms with Crippen molar-refractivity contribution >= 4 is 45.3 Å². The summed E-state index contributed by atoms with van der Waals surface area (Å²) in [5.74, 6) is -1.00. The van der Waals surface area contributed by atoms with Crippen LogP contribution in [0.4, 0.5) is 16.3 Å². The molecule has 0 radical (unpaired) electrons. The Labute approximate surface area is 285 Å². The minimum absolute atomic E-state index is 0.154. The van der Waals surface area contributed by atoms with Gasteiger partial charge in [0.15, 0.2) is 0 Å². The van der Waals surface area contributed by atoms with E-state index in [-0.39, 0.29) is 11.5 Å². The molecule has 3 amide bonds. The Morgan fingerprint density at radius 3 is 2.15 bits per heavy atom. The summed E-state index contributed by atoms with van der Waals surface area (Å²) in [7, 11) is 0. The maximum absolute atomic E-state index is 14.6. The van der Waals surface area contributed by atoms with Gasteiger partial charge >= 0.3 is 12.0 Å². The lowest BCUT2D eigenvalue weighted by molar-refractivity contribution is -0.123. The van der Waals surface area contributed by atoms with E-state index in [4.69, 9.17) is 0 Å². The maximum Gasteiger partial charge on any atom is 0.338 e. The number of piperidine rings is 1. The van der Waals surface area contributed by atoms with Gasteiger partial charge in [-0.15, -0.1) is 0 Å². The largest absolute Gasteiger partial charge is 0.478 e. The first-order valence-electron chi connectivity index (χ1n) is 15.6. The van der Waals surface area contributed by atoms with Gasteiger partial charge in [-0.1, -0.05) is 58.4 Å². The second kappa shape index (κ2) is 12.7. The Morgan fingerprint density at radius 2 is 1.50 bits per heavy atom. The average Bonchev–Trinajstić information content (AvgIpc) is 3.32. The Hall–Kier alpha value is -5.26. The number of amides is 3. The summed E-state index contributed by atoms with van der Waals surface area (Å²) in [6.07, 6.45) is 3.97. The van der Waals surface area contributed by atoms with Crippen LogP contribution in [-0.2, 0) is 11.3 Å². The van der Waals surface area contributed by atoms with Crippen LogP contribution in [0, 0.1) is 6.92 Å². The lowest BCUT2D eigenvalue weighted by atomic mass is 9.85. The SMILES string of the molecule is Cc1cccnc1CN1CCC2(CC1)C(=O)N(c1ccc(-c3ccc(Br)cc3)cc1)C(=O)N2c1cc(-c2ccc(C(=O)O)cc2)ncn1. The minimum atomic E-state index is -1.16. The number of nitrogens with zero attached hydrogens (tertiary/aromatic N) is 6. The molecule has 4 heterocycles. The number of aryl methyl sites for hydroxylation is 1. The Bertz CT molecular complexity index is 2010. The Morgan fingerprint density at radius 1 is 0.854 bits per heavy atom. The van der Waals surface area contributed by atoms with Crippen molar-refractivity contribution in [2.45, 2.75) is 31.8 Å². The van der Waals surface area contributed by atoms with Crippen LogP contribution in [0.2, 0.25) is 0 Å². The molecule has 2 aromatic heterocycles. The fourth-order valence-corrected chi connectivity index (χ4v) is 6.75. The minimum Gasteiger partial charge on any atom is -0.478 e. The van der Waals surface area contributed by atoms with Crippen LogP contribution in [0.1, 0.15) is 34.5 Å². The molecule has 2 saturated heterocycles. The molecule has 48 heavy (non-hydrogen) atoms. The second-order valence-corrected chi connectivity index (χ2v) is 12.9. The number of urea groups is 1. The van der Waals surface area contributed by atoms with Gasteiger partial charge in [0.05, 0.1) is 22.6 Å². The highest BCUT2D eigenvalue weighted by Crippen LogP contribution is 2.43. The summed E-state index contributed by atoms with van der Waals surface area (Å²) in [6.45, 7) is 3.85. The third-order valence-corrected chi connectivity index (χ3v) is 9.73. The van der Waals surface area contributed by atoms with Crippen molar-refractivity contribution in [1.29, 1.82) is 0 Å². The second-order valence-electron chi connectivity index (χ2n) is 12.0. The zero-order chi connectivity index (χ0) is 33.4. The average molecular weight is 704 g/mol. The number of carboxylic acid groups (broad SMARTS) is 1. The predicted molar refractivity (Wildman–Crippen MR) is 186 cm³/mol. The first-order chi connectivity index (χ1) is 23.2. The summed E-state index contributed by atoms with van der Waals surface area (Å²) in [6, 6.07) is 26.9. The van der Waals surface area contributed by atoms with E-state index in [1.807, 2.05) is 55.5 Å². The number of rotatable bonds is 7.